The first-order valence-corrected chi connectivity index (χ1v) is 3.82. The molecule has 0 aromatic rings. The van der Waals surface area contributed by atoms with Gasteiger partial charge in [0.2, 0.25) is 6.10 Å². The zero-order chi connectivity index (χ0) is 10.3. The average molecular weight is 194 g/mol. The monoisotopic (exact) mass is 194 g/mol. The lowest BCUT2D eigenvalue weighted by atomic mass is 10.0. The van der Waals surface area contributed by atoms with E-state index in [1.165, 1.54) is 12.3 Å². The van der Waals surface area contributed by atoms with Crippen molar-refractivity contribution in [2.75, 3.05) is 0 Å². The summed E-state index contributed by atoms with van der Waals surface area (Å²) >= 11 is 0. The van der Waals surface area contributed by atoms with Crippen molar-refractivity contribution >= 4 is 17.7 Å². The molecule has 0 aromatic carbocycles. The lowest BCUT2D eigenvalue weighted by molar-refractivity contribution is -0.129. The van der Waals surface area contributed by atoms with Gasteiger partial charge in [0.25, 0.3) is 17.7 Å². The van der Waals surface area contributed by atoms with E-state index in [1.807, 2.05) is 0 Å². The quantitative estimate of drug-likeness (QED) is 0.488. The molecule has 0 bridgehead atoms. The van der Waals surface area contributed by atoms with E-state index in [1.54, 1.807) is 0 Å². The van der Waals surface area contributed by atoms with Crippen LogP contribution >= 0.6 is 0 Å². The summed E-state index contributed by atoms with van der Waals surface area (Å²) in [6, 6.07) is 0. The summed E-state index contributed by atoms with van der Waals surface area (Å²) in [6.45, 7) is 0. The van der Waals surface area contributed by atoms with Gasteiger partial charge in [-0.15, -0.1) is 0 Å². The molecule has 3 amide bonds. The van der Waals surface area contributed by atoms with Crippen LogP contribution in [0, 0.1) is 0 Å². The number of imide groups is 1. The maximum absolute atomic E-state index is 11.2. The van der Waals surface area contributed by atoms with Crippen LogP contribution in [-0.4, -0.2) is 23.8 Å². The number of carbonyl (C=O) groups excluding carboxylic acids is 3. The Morgan fingerprint density at radius 2 is 2.14 bits per heavy atom. The molecule has 0 saturated carbocycles. The number of carbonyl (C=O) groups is 3. The summed E-state index contributed by atoms with van der Waals surface area (Å²) in [7, 11) is 0. The lowest BCUT2D eigenvalue weighted by Gasteiger charge is -2.16. The summed E-state index contributed by atoms with van der Waals surface area (Å²) < 4.78 is 4.85. The topological polar surface area (TPSA) is 98.5 Å². The van der Waals surface area contributed by atoms with Crippen molar-refractivity contribution in [3.05, 3.63) is 23.5 Å². The van der Waals surface area contributed by atoms with E-state index in [0.717, 1.165) is 0 Å². The van der Waals surface area contributed by atoms with Crippen LogP contribution < -0.4 is 11.1 Å². The molecule has 1 unspecified atom stereocenters. The fraction of sp³-hybridized carbons (Fsp3) is 0.125. The fourth-order valence-electron chi connectivity index (χ4n) is 1.37. The van der Waals surface area contributed by atoms with Crippen molar-refractivity contribution in [2.24, 2.45) is 5.73 Å². The van der Waals surface area contributed by atoms with Crippen LogP contribution in [0.15, 0.2) is 23.5 Å². The van der Waals surface area contributed by atoms with Crippen LogP contribution in [0.2, 0.25) is 0 Å². The van der Waals surface area contributed by atoms with Gasteiger partial charge >= 0.3 is 0 Å². The van der Waals surface area contributed by atoms with Crippen molar-refractivity contribution in [2.45, 2.75) is 6.10 Å². The molecule has 14 heavy (non-hydrogen) atoms. The normalized spacial score (nSPS) is 24.4. The van der Waals surface area contributed by atoms with Crippen LogP contribution in [0.5, 0.6) is 0 Å². The maximum atomic E-state index is 11.2. The van der Waals surface area contributed by atoms with Crippen molar-refractivity contribution in [1.29, 1.82) is 0 Å². The smallest absolute Gasteiger partial charge is 0.263 e. The molecular formula is C8H6N2O4. The number of hydrogen-bond donors (Lipinski definition) is 2. The van der Waals surface area contributed by atoms with Gasteiger partial charge in [-0.25, -0.2) is 0 Å². The predicted octanol–water partition coefficient (Wildman–Crippen LogP) is -1.66. The molecule has 0 saturated heterocycles. The third-order valence-electron chi connectivity index (χ3n) is 1.98. The zero-order valence-corrected chi connectivity index (χ0v) is 6.94. The highest BCUT2D eigenvalue weighted by atomic mass is 16.5. The number of amides is 3. The van der Waals surface area contributed by atoms with Crippen LogP contribution in [0.4, 0.5) is 0 Å². The van der Waals surface area contributed by atoms with E-state index in [4.69, 9.17) is 10.5 Å². The maximum Gasteiger partial charge on any atom is 0.263 e. The molecule has 72 valence electrons. The second-order valence-corrected chi connectivity index (χ2v) is 2.83. The van der Waals surface area contributed by atoms with E-state index >= 15 is 0 Å². The van der Waals surface area contributed by atoms with E-state index < -0.39 is 23.8 Å². The Bertz CT molecular complexity index is 408. The molecule has 6 heteroatoms. The molecule has 2 rings (SSSR count). The van der Waals surface area contributed by atoms with Gasteiger partial charge in [0.15, 0.2) is 0 Å². The van der Waals surface area contributed by atoms with E-state index in [2.05, 4.69) is 5.32 Å². The van der Waals surface area contributed by atoms with Gasteiger partial charge in [-0.3, -0.25) is 19.7 Å². The van der Waals surface area contributed by atoms with Crippen molar-refractivity contribution in [1.82, 2.24) is 5.32 Å². The van der Waals surface area contributed by atoms with Crippen molar-refractivity contribution in [3.8, 4) is 0 Å². The van der Waals surface area contributed by atoms with E-state index in [-0.39, 0.29) is 11.1 Å². The molecule has 0 spiro atoms. The first-order chi connectivity index (χ1) is 6.61. The van der Waals surface area contributed by atoms with Crippen LogP contribution in [0.25, 0.3) is 0 Å². The van der Waals surface area contributed by atoms with E-state index in [9.17, 15) is 14.4 Å². The second-order valence-electron chi connectivity index (χ2n) is 2.83. The Morgan fingerprint density at radius 1 is 1.43 bits per heavy atom. The molecule has 3 N–H and O–H groups in total. The summed E-state index contributed by atoms with van der Waals surface area (Å²) in [4.78, 5) is 33.2. The third kappa shape index (κ3) is 1.00. The number of ether oxygens (including phenoxy) is 1. The number of hydrogen-bond acceptors (Lipinski definition) is 4. The lowest BCUT2D eigenvalue weighted by Crippen LogP contribution is -2.36. The number of rotatable bonds is 1. The largest absolute Gasteiger partial charge is 0.483 e. The van der Waals surface area contributed by atoms with E-state index in [0.29, 0.717) is 0 Å². The van der Waals surface area contributed by atoms with Gasteiger partial charge < -0.3 is 10.5 Å². The van der Waals surface area contributed by atoms with Gasteiger partial charge in [-0.1, -0.05) is 0 Å². The van der Waals surface area contributed by atoms with Gasteiger partial charge in [-0.2, -0.15) is 0 Å². The molecule has 2 aliphatic heterocycles. The number of nitrogens with two attached hydrogens (primary N) is 1. The SMILES string of the molecule is NC(=O)C1OC=CC2=C1C(=O)NC2=O. The van der Waals surface area contributed by atoms with Crippen LogP contribution in [-0.2, 0) is 19.1 Å². The van der Waals surface area contributed by atoms with Gasteiger partial charge in [0.05, 0.1) is 17.4 Å². The minimum atomic E-state index is -1.17. The highest BCUT2D eigenvalue weighted by molar-refractivity contribution is 6.23. The van der Waals surface area contributed by atoms with Gasteiger partial charge in [0.1, 0.15) is 0 Å². The highest BCUT2D eigenvalue weighted by Gasteiger charge is 2.39. The Morgan fingerprint density at radius 3 is 2.79 bits per heavy atom. The summed E-state index contributed by atoms with van der Waals surface area (Å²) in [5.74, 6) is -1.96. The first-order valence-electron chi connectivity index (χ1n) is 3.82. The van der Waals surface area contributed by atoms with Crippen LogP contribution in [0.1, 0.15) is 0 Å². The third-order valence-corrected chi connectivity index (χ3v) is 1.98. The second kappa shape index (κ2) is 2.69. The van der Waals surface area contributed by atoms with Crippen LogP contribution in [0.3, 0.4) is 0 Å². The number of nitrogens with one attached hydrogen (secondary N) is 1. The summed E-state index contributed by atoms with van der Waals surface area (Å²) in [5, 5.41) is 2.05. The standard InChI is InChI=1S/C8H6N2O4/c9-6(11)5-4-3(1-2-14-5)7(12)10-8(4)13/h1-2,5H,(H2,9,11)(H,10,12,13). The average Bonchev–Trinajstić information content (AvgIpc) is 2.43. The highest BCUT2D eigenvalue weighted by Crippen LogP contribution is 2.23. The molecule has 6 nitrogen and oxygen atoms in total. The minimum absolute atomic E-state index is 0.00926. The van der Waals surface area contributed by atoms with Crippen molar-refractivity contribution in [3.63, 3.8) is 0 Å². The fourth-order valence-corrected chi connectivity index (χ4v) is 1.37. The molecular weight excluding hydrogens is 188 g/mol. The first kappa shape index (κ1) is 8.49. The summed E-state index contributed by atoms with van der Waals surface area (Å²) in [5.41, 5.74) is 5.14. The van der Waals surface area contributed by atoms with Crippen molar-refractivity contribution < 1.29 is 19.1 Å². The Labute approximate surface area is 78.4 Å². The van der Waals surface area contributed by atoms with Gasteiger partial charge in [0, 0.05) is 0 Å². The molecule has 2 heterocycles. The summed E-state index contributed by atoms with van der Waals surface area (Å²) in [6.07, 6.45) is 1.34. The molecule has 0 fully saturated rings. The number of primary amides is 1. The Hall–Kier alpha value is -2.11. The minimum Gasteiger partial charge on any atom is -0.483 e. The molecule has 0 aliphatic carbocycles. The zero-order valence-electron chi connectivity index (χ0n) is 6.94. The predicted molar refractivity (Wildman–Crippen MR) is 43.4 cm³/mol. The molecule has 0 radical (unpaired) electrons. The Balaban J connectivity index is 2.50. The van der Waals surface area contributed by atoms with Gasteiger partial charge in [-0.05, 0) is 6.08 Å². The molecule has 1 atom stereocenters. The Kier molecular flexibility index (Phi) is 1.63. The molecule has 0 aromatic heterocycles. The molecule has 2 aliphatic rings.